The molecule has 3 rings (SSSR count). The number of nitriles is 1. The van der Waals surface area contributed by atoms with Gasteiger partial charge in [-0.1, -0.05) is 24.3 Å². The third-order valence-electron chi connectivity index (χ3n) is 6.26. The summed E-state index contributed by atoms with van der Waals surface area (Å²) in [5.41, 5.74) is -1.80. The van der Waals surface area contributed by atoms with E-state index in [1.54, 1.807) is 33.0 Å². The molecule has 1 saturated carbocycles. The van der Waals surface area contributed by atoms with Crippen LogP contribution in [0.3, 0.4) is 0 Å². The summed E-state index contributed by atoms with van der Waals surface area (Å²) in [5, 5.41) is 24.3. The second kappa shape index (κ2) is 10.0. The van der Waals surface area contributed by atoms with Crippen LogP contribution in [0.5, 0.6) is 0 Å². The minimum absolute atomic E-state index is 0.148. The van der Waals surface area contributed by atoms with Crippen molar-refractivity contribution in [1.82, 2.24) is 15.6 Å². The first-order valence-corrected chi connectivity index (χ1v) is 12.0. The summed E-state index contributed by atoms with van der Waals surface area (Å²) in [6.07, 6.45) is -2.95. The Hall–Kier alpha value is -3.03. The minimum Gasteiger partial charge on any atom is -0.384 e. The quantitative estimate of drug-likeness (QED) is 0.397. The molecule has 1 heterocycles. The Bertz CT molecular complexity index is 1170. The third kappa shape index (κ3) is 7.27. The molecule has 0 saturated heterocycles. The first kappa shape index (κ1) is 28.5. The van der Waals surface area contributed by atoms with Gasteiger partial charge in [-0.25, -0.2) is 4.39 Å². The van der Waals surface area contributed by atoms with Crippen LogP contribution in [0, 0.1) is 18.3 Å². The maximum Gasteiger partial charge on any atom is 0.407 e. The summed E-state index contributed by atoms with van der Waals surface area (Å²) in [5.74, 6) is -0.843. The minimum atomic E-state index is -4.78. The Kier molecular flexibility index (Phi) is 7.73. The van der Waals surface area contributed by atoms with E-state index in [0.29, 0.717) is 29.7 Å². The Labute approximate surface area is 214 Å². The lowest BCUT2D eigenvalue weighted by molar-refractivity contribution is -0.161. The highest BCUT2D eigenvalue weighted by molar-refractivity contribution is 5.83. The number of halogens is 4. The van der Waals surface area contributed by atoms with E-state index in [4.69, 9.17) is 0 Å². The number of nitrogens with zero attached hydrogens (tertiary/aromatic N) is 2. The number of carbonyl (C=O) groups excluding carboxylic acids is 1. The lowest BCUT2D eigenvalue weighted by Crippen LogP contribution is -2.53. The van der Waals surface area contributed by atoms with Gasteiger partial charge in [-0.05, 0) is 70.2 Å². The molecule has 0 unspecified atom stereocenters. The molecule has 37 heavy (non-hydrogen) atoms. The first-order valence-electron chi connectivity index (χ1n) is 12.0. The number of hydrogen-bond donors (Lipinski definition) is 3. The van der Waals surface area contributed by atoms with Gasteiger partial charge in [-0.15, -0.1) is 0 Å². The van der Waals surface area contributed by atoms with Crippen molar-refractivity contribution in [3.8, 4) is 17.2 Å². The SMILES string of the molecule is Cc1cc(-c2ccc([C@H](N[C@@H](CC(C)(C)F)C(=O)NC3(C#N)CC3)C(F)(F)F)cc2)cnc1C(C)(C)O. The standard InChI is InChI=1S/C27H32F4N4O2/c1-16-12-19(14-33-21(16)25(4,5)37)17-6-8-18(9-7-17)22(27(29,30)31)34-20(13-24(2,3)28)23(36)35-26(15-32)10-11-26/h6-9,12,14,20,22,34,37H,10-11,13H2,1-5H3,(H,35,36)/t20-,22-/m0/s1. The van der Waals surface area contributed by atoms with Gasteiger partial charge in [0, 0.05) is 18.2 Å². The monoisotopic (exact) mass is 520 g/mol. The molecule has 1 amide bonds. The highest BCUT2D eigenvalue weighted by Crippen LogP contribution is 2.37. The molecular weight excluding hydrogens is 488 g/mol. The molecule has 0 radical (unpaired) electrons. The molecule has 0 spiro atoms. The zero-order valence-electron chi connectivity index (χ0n) is 21.5. The Morgan fingerprint density at radius 1 is 1.14 bits per heavy atom. The Balaban J connectivity index is 1.88. The Morgan fingerprint density at radius 2 is 1.73 bits per heavy atom. The van der Waals surface area contributed by atoms with E-state index in [2.05, 4.69) is 15.6 Å². The molecule has 0 bridgehead atoms. The summed E-state index contributed by atoms with van der Waals surface area (Å²) >= 11 is 0. The number of nitrogens with one attached hydrogen (secondary N) is 2. The largest absolute Gasteiger partial charge is 0.407 e. The van der Waals surface area contributed by atoms with Crippen molar-refractivity contribution in [1.29, 1.82) is 5.26 Å². The number of pyridine rings is 1. The summed E-state index contributed by atoms with van der Waals surface area (Å²) < 4.78 is 56.9. The molecule has 6 nitrogen and oxygen atoms in total. The molecular formula is C27H32F4N4O2. The van der Waals surface area contributed by atoms with Crippen molar-refractivity contribution in [2.45, 2.75) is 88.9 Å². The molecule has 3 N–H and O–H groups in total. The van der Waals surface area contributed by atoms with E-state index < -0.39 is 47.4 Å². The lowest BCUT2D eigenvalue weighted by atomic mass is 9.95. The highest BCUT2D eigenvalue weighted by Gasteiger charge is 2.48. The molecule has 2 aromatic rings. The smallest absolute Gasteiger partial charge is 0.384 e. The second-order valence-electron chi connectivity index (χ2n) is 10.9. The van der Waals surface area contributed by atoms with E-state index in [-0.39, 0.29) is 5.56 Å². The van der Waals surface area contributed by atoms with Gasteiger partial charge in [0.15, 0.2) is 0 Å². The van der Waals surface area contributed by atoms with Gasteiger partial charge in [0.1, 0.15) is 22.9 Å². The van der Waals surface area contributed by atoms with Crippen LogP contribution in [0.4, 0.5) is 17.6 Å². The number of aliphatic hydroxyl groups is 1. The van der Waals surface area contributed by atoms with Crippen LogP contribution in [0.1, 0.15) is 69.8 Å². The first-order chi connectivity index (χ1) is 16.9. The predicted molar refractivity (Wildman–Crippen MR) is 131 cm³/mol. The van der Waals surface area contributed by atoms with E-state index >= 15 is 0 Å². The third-order valence-corrected chi connectivity index (χ3v) is 6.26. The number of alkyl halides is 4. The average Bonchev–Trinajstić information content (AvgIpc) is 3.54. The van der Waals surface area contributed by atoms with Crippen molar-refractivity contribution in [3.63, 3.8) is 0 Å². The van der Waals surface area contributed by atoms with Gasteiger partial charge in [0.05, 0.1) is 17.8 Å². The van der Waals surface area contributed by atoms with E-state index in [9.17, 15) is 32.7 Å². The normalized spacial score (nSPS) is 17.0. The van der Waals surface area contributed by atoms with E-state index in [1.165, 1.54) is 38.1 Å². The maximum atomic E-state index is 14.5. The highest BCUT2D eigenvalue weighted by atomic mass is 19.4. The summed E-state index contributed by atoms with van der Waals surface area (Å²) in [6.45, 7) is 7.38. The predicted octanol–water partition coefficient (Wildman–Crippen LogP) is 5.16. The van der Waals surface area contributed by atoms with Gasteiger partial charge in [-0.2, -0.15) is 18.4 Å². The summed E-state index contributed by atoms with van der Waals surface area (Å²) in [7, 11) is 0. The van der Waals surface area contributed by atoms with Gasteiger partial charge in [0.2, 0.25) is 5.91 Å². The number of hydrogen-bond acceptors (Lipinski definition) is 5. The van der Waals surface area contributed by atoms with E-state index in [1.807, 2.05) is 6.07 Å². The molecule has 1 fully saturated rings. The van der Waals surface area contributed by atoms with Gasteiger partial charge in [-0.3, -0.25) is 15.1 Å². The summed E-state index contributed by atoms with van der Waals surface area (Å²) in [4.78, 5) is 17.1. The number of rotatable bonds is 9. The number of carbonyl (C=O) groups is 1. The van der Waals surface area contributed by atoms with E-state index in [0.717, 1.165) is 5.56 Å². The Morgan fingerprint density at radius 3 is 2.16 bits per heavy atom. The van der Waals surface area contributed by atoms with Crippen molar-refractivity contribution in [2.24, 2.45) is 0 Å². The number of aryl methyl sites for hydroxylation is 1. The van der Waals surface area contributed by atoms with Gasteiger partial charge < -0.3 is 10.4 Å². The van der Waals surface area contributed by atoms with Crippen LogP contribution in [0.15, 0.2) is 36.5 Å². The van der Waals surface area contributed by atoms with Gasteiger partial charge >= 0.3 is 6.18 Å². The van der Waals surface area contributed by atoms with Crippen LogP contribution < -0.4 is 10.6 Å². The second-order valence-corrected chi connectivity index (χ2v) is 10.9. The topological polar surface area (TPSA) is 98.0 Å². The van der Waals surface area contributed by atoms with Crippen LogP contribution in [0.25, 0.3) is 11.1 Å². The molecule has 1 aliphatic carbocycles. The van der Waals surface area contributed by atoms with Crippen LogP contribution in [-0.2, 0) is 10.4 Å². The number of aromatic nitrogens is 1. The van der Waals surface area contributed by atoms with Crippen molar-refractivity contribution >= 4 is 5.91 Å². The lowest BCUT2D eigenvalue weighted by Gasteiger charge is -2.30. The molecule has 10 heteroatoms. The van der Waals surface area contributed by atoms with Crippen LogP contribution in [-0.4, -0.2) is 39.4 Å². The molecule has 1 aromatic heterocycles. The van der Waals surface area contributed by atoms with Crippen molar-refractivity contribution in [2.75, 3.05) is 0 Å². The van der Waals surface area contributed by atoms with Crippen LogP contribution >= 0.6 is 0 Å². The fraction of sp³-hybridized carbons (Fsp3) is 0.519. The number of benzene rings is 1. The zero-order chi connectivity index (χ0) is 27.8. The average molecular weight is 521 g/mol. The fourth-order valence-electron chi connectivity index (χ4n) is 4.25. The fourth-order valence-corrected chi connectivity index (χ4v) is 4.25. The molecule has 1 aromatic carbocycles. The summed E-state index contributed by atoms with van der Waals surface area (Å²) in [6, 6.07) is 5.62. The van der Waals surface area contributed by atoms with Gasteiger partial charge in [0.25, 0.3) is 0 Å². The van der Waals surface area contributed by atoms with Crippen LogP contribution in [0.2, 0.25) is 0 Å². The maximum absolute atomic E-state index is 14.5. The zero-order valence-corrected chi connectivity index (χ0v) is 21.5. The molecule has 0 aliphatic heterocycles. The van der Waals surface area contributed by atoms with Crippen molar-refractivity contribution < 1.29 is 27.5 Å². The number of amides is 1. The van der Waals surface area contributed by atoms with Crippen molar-refractivity contribution in [3.05, 3.63) is 53.3 Å². The molecule has 2 atom stereocenters. The molecule has 200 valence electrons. The molecule has 1 aliphatic rings.